The molecule has 5 atom stereocenters. The molecule has 4 aliphatic rings. The van der Waals surface area contributed by atoms with Crippen LogP contribution in [0, 0.1) is 17.3 Å². The van der Waals surface area contributed by atoms with Crippen LogP contribution in [0.5, 0.6) is 5.75 Å². The maximum absolute atomic E-state index is 12.1. The summed E-state index contributed by atoms with van der Waals surface area (Å²) >= 11 is 0. The molecule has 1 saturated carbocycles. The number of carbonyl (C=O) groups excluding carboxylic acids is 1. The van der Waals surface area contributed by atoms with Gasteiger partial charge in [-0.15, -0.1) is 0 Å². The summed E-state index contributed by atoms with van der Waals surface area (Å²) in [6.07, 6.45) is 6.78. The summed E-state index contributed by atoms with van der Waals surface area (Å²) < 4.78 is 12.0. The Bertz CT molecular complexity index is 881. The second-order valence-electron chi connectivity index (χ2n) is 9.38. The molecular formula is C25H30O4. The van der Waals surface area contributed by atoms with Crippen LogP contribution in [0.3, 0.4) is 0 Å². The van der Waals surface area contributed by atoms with Crippen LogP contribution in [-0.2, 0) is 9.53 Å². The number of ether oxygens (including phenoxy) is 2. The third-order valence-corrected chi connectivity index (χ3v) is 7.92. The second kappa shape index (κ2) is 7.10. The molecule has 5 rings (SSSR count). The van der Waals surface area contributed by atoms with E-state index < -0.39 is 0 Å². The molecule has 154 valence electrons. The van der Waals surface area contributed by atoms with Crippen molar-refractivity contribution in [3.8, 4) is 5.75 Å². The van der Waals surface area contributed by atoms with Crippen molar-refractivity contribution in [1.29, 1.82) is 0 Å². The average Bonchev–Trinajstić information content (AvgIpc) is 2.95. The van der Waals surface area contributed by atoms with Crippen LogP contribution in [0.1, 0.15) is 57.1 Å². The maximum Gasteiger partial charge on any atom is 0.156 e. The van der Waals surface area contributed by atoms with Crippen molar-refractivity contribution in [3.63, 3.8) is 0 Å². The molecule has 2 fully saturated rings. The normalized spacial score (nSPS) is 36.7. The van der Waals surface area contributed by atoms with Crippen molar-refractivity contribution in [2.75, 3.05) is 13.7 Å². The Kier molecular flexibility index (Phi) is 4.67. The van der Waals surface area contributed by atoms with Crippen LogP contribution in [0.25, 0.3) is 0 Å². The van der Waals surface area contributed by atoms with Gasteiger partial charge in [0.05, 0.1) is 19.8 Å². The smallest absolute Gasteiger partial charge is 0.156 e. The Morgan fingerprint density at radius 2 is 1.90 bits per heavy atom. The minimum absolute atomic E-state index is 0.118. The number of hydrogen-bond acceptors (Lipinski definition) is 4. The Hall–Kier alpha value is -1.91. The van der Waals surface area contributed by atoms with Gasteiger partial charge in [-0.25, -0.2) is 0 Å². The van der Waals surface area contributed by atoms with E-state index in [1.807, 2.05) is 18.2 Å². The first-order chi connectivity index (χ1) is 14.0. The molecule has 1 N–H and O–H groups in total. The van der Waals surface area contributed by atoms with E-state index in [1.165, 1.54) is 16.7 Å². The van der Waals surface area contributed by atoms with Crippen LogP contribution in [0.15, 0.2) is 47.1 Å². The molecule has 2 unspecified atom stereocenters. The third-order valence-electron chi connectivity index (χ3n) is 7.92. The zero-order valence-corrected chi connectivity index (χ0v) is 17.3. The average molecular weight is 395 g/mol. The molecule has 1 aromatic carbocycles. The fourth-order valence-corrected chi connectivity index (χ4v) is 6.29. The van der Waals surface area contributed by atoms with Gasteiger partial charge in [0, 0.05) is 11.8 Å². The SMILES string of the molecule is COc1ccc([C@H]2OC[C@@]3(C)C(CC[C@@H]3O)C3CCC4=CC(=O)CCC4=C32)cc1. The van der Waals surface area contributed by atoms with E-state index in [-0.39, 0.29) is 23.4 Å². The molecule has 4 nitrogen and oxygen atoms in total. The summed E-state index contributed by atoms with van der Waals surface area (Å²) in [7, 11) is 1.68. The number of rotatable bonds is 2. The quantitative estimate of drug-likeness (QED) is 0.800. The van der Waals surface area contributed by atoms with E-state index in [4.69, 9.17) is 9.47 Å². The second-order valence-corrected chi connectivity index (χ2v) is 9.38. The number of methoxy groups -OCH3 is 1. The van der Waals surface area contributed by atoms with Gasteiger partial charge in [0.2, 0.25) is 0 Å². The van der Waals surface area contributed by atoms with Crippen molar-refractivity contribution in [1.82, 2.24) is 0 Å². The fourth-order valence-electron chi connectivity index (χ4n) is 6.29. The highest BCUT2D eigenvalue weighted by atomic mass is 16.5. The lowest BCUT2D eigenvalue weighted by Gasteiger charge is -2.40. The number of fused-ring (bicyclic) bond motifs is 4. The highest BCUT2D eigenvalue weighted by Gasteiger charge is 2.54. The fraction of sp³-hybridized carbons (Fsp3) is 0.560. The lowest BCUT2D eigenvalue weighted by atomic mass is 9.63. The number of allylic oxidation sites excluding steroid dienone is 3. The Morgan fingerprint density at radius 1 is 1.10 bits per heavy atom. The van der Waals surface area contributed by atoms with Crippen molar-refractivity contribution in [2.24, 2.45) is 17.3 Å². The predicted molar refractivity (Wildman–Crippen MR) is 111 cm³/mol. The van der Waals surface area contributed by atoms with E-state index in [0.717, 1.165) is 43.4 Å². The Balaban J connectivity index is 1.65. The van der Waals surface area contributed by atoms with Gasteiger partial charge >= 0.3 is 0 Å². The standard InChI is InChI=1S/C25H30O4/c1-25-14-29-24(15-3-7-18(28-2)8-4-15)23-19-10-6-17(26)13-16(19)5-9-20(23)21(25)11-12-22(25)27/h3-4,7-8,13,20-22,24,27H,5-6,9-12,14H2,1-2H3/t20?,21?,22-,24+,25-/m0/s1. The highest BCUT2D eigenvalue weighted by molar-refractivity contribution is 5.93. The molecule has 0 radical (unpaired) electrons. The summed E-state index contributed by atoms with van der Waals surface area (Å²) in [5, 5.41) is 10.8. The lowest BCUT2D eigenvalue weighted by Crippen LogP contribution is -2.39. The van der Waals surface area contributed by atoms with Gasteiger partial charge in [-0.1, -0.05) is 19.1 Å². The van der Waals surface area contributed by atoms with Gasteiger partial charge in [-0.2, -0.15) is 0 Å². The first kappa shape index (κ1) is 19.1. The summed E-state index contributed by atoms with van der Waals surface area (Å²) in [6.45, 7) is 2.78. The number of ketones is 1. The van der Waals surface area contributed by atoms with Gasteiger partial charge in [0.1, 0.15) is 11.9 Å². The van der Waals surface area contributed by atoms with Crippen LogP contribution in [0.2, 0.25) is 0 Å². The monoisotopic (exact) mass is 394 g/mol. The molecule has 1 aromatic rings. The van der Waals surface area contributed by atoms with Gasteiger partial charge in [0.25, 0.3) is 0 Å². The summed E-state index contributed by atoms with van der Waals surface area (Å²) in [6, 6.07) is 8.18. The Labute approximate surface area is 172 Å². The number of hydrogen-bond donors (Lipinski definition) is 1. The number of carbonyl (C=O) groups is 1. The molecular weight excluding hydrogens is 364 g/mol. The number of benzene rings is 1. The van der Waals surface area contributed by atoms with Crippen LogP contribution in [-0.4, -0.2) is 30.7 Å². The van der Waals surface area contributed by atoms with E-state index in [2.05, 4.69) is 19.1 Å². The van der Waals surface area contributed by atoms with E-state index in [0.29, 0.717) is 24.9 Å². The molecule has 0 aromatic heterocycles. The first-order valence-corrected chi connectivity index (χ1v) is 10.9. The lowest BCUT2D eigenvalue weighted by molar-refractivity contribution is -0.114. The third kappa shape index (κ3) is 3.00. The molecule has 0 bridgehead atoms. The van der Waals surface area contributed by atoms with Crippen molar-refractivity contribution >= 4 is 5.78 Å². The van der Waals surface area contributed by atoms with Gasteiger partial charge in [-0.05, 0) is 84.4 Å². The van der Waals surface area contributed by atoms with Crippen LogP contribution >= 0.6 is 0 Å². The predicted octanol–water partition coefficient (Wildman–Crippen LogP) is 4.54. The molecule has 1 saturated heterocycles. The molecule has 0 spiro atoms. The topological polar surface area (TPSA) is 55.8 Å². The number of aliphatic hydroxyl groups excluding tert-OH is 1. The summed E-state index contributed by atoms with van der Waals surface area (Å²) in [5.41, 5.74) is 4.88. The maximum atomic E-state index is 12.1. The van der Waals surface area contributed by atoms with Crippen molar-refractivity contribution in [2.45, 2.75) is 57.7 Å². The van der Waals surface area contributed by atoms with E-state index >= 15 is 0 Å². The summed E-state index contributed by atoms with van der Waals surface area (Å²) in [5.74, 6) is 1.93. The zero-order valence-electron chi connectivity index (χ0n) is 17.3. The molecule has 1 heterocycles. The largest absolute Gasteiger partial charge is 0.497 e. The molecule has 3 aliphatic carbocycles. The number of aliphatic hydroxyl groups is 1. The van der Waals surface area contributed by atoms with Crippen LogP contribution < -0.4 is 4.74 Å². The molecule has 29 heavy (non-hydrogen) atoms. The van der Waals surface area contributed by atoms with E-state index in [9.17, 15) is 9.90 Å². The Morgan fingerprint density at radius 3 is 2.66 bits per heavy atom. The zero-order chi connectivity index (χ0) is 20.2. The van der Waals surface area contributed by atoms with Gasteiger partial charge in [0.15, 0.2) is 5.78 Å². The van der Waals surface area contributed by atoms with Gasteiger partial charge in [-0.3, -0.25) is 4.79 Å². The van der Waals surface area contributed by atoms with Crippen molar-refractivity contribution in [3.05, 3.63) is 52.6 Å². The summed E-state index contributed by atoms with van der Waals surface area (Å²) in [4.78, 5) is 12.1. The van der Waals surface area contributed by atoms with Crippen molar-refractivity contribution < 1.29 is 19.4 Å². The van der Waals surface area contributed by atoms with Gasteiger partial charge < -0.3 is 14.6 Å². The minimum Gasteiger partial charge on any atom is -0.497 e. The van der Waals surface area contributed by atoms with Crippen LogP contribution in [0.4, 0.5) is 0 Å². The molecule has 4 heteroatoms. The highest BCUT2D eigenvalue weighted by Crippen LogP contribution is 2.58. The van der Waals surface area contributed by atoms with E-state index in [1.54, 1.807) is 7.11 Å². The molecule has 0 amide bonds. The first-order valence-electron chi connectivity index (χ1n) is 10.9. The molecule has 1 aliphatic heterocycles. The minimum atomic E-state index is -0.307.